The van der Waals surface area contributed by atoms with E-state index in [-0.39, 0.29) is 37.0 Å². The number of carbonyl (C=O) groups excluding carboxylic acids is 3. The third-order valence-corrected chi connectivity index (χ3v) is 5.05. The summed E-state index contributed by atoms with van der Waals surface area (Å²) in [7, 11) is 0. The molecule has 146 valence electrons. The van der Waals surface area contributed by atoms with Gasteiger partial charge in [-0.2, -0.15) is 0 Å². The van der Waals surface area contributed by atoms with E-state index in [1.54, 1.807) is 42.2 Å². The maximum Gasteiger partial charge on any atom is 0.340 e. The van der Waals surface area contributed by atoms with Crippen LogP contribution in [0.2, 0.25) is 5.02 Å². The quantitative estimate of drug-likeness (QED) is 0.774. The summed E-state index contributed by atoms with van der Waals surface area (Å²) in [4.78, 5) is 38.8. The Morgan fingerprint density at radius 3 is 2.71 bits per heavy atom. The van der Waals surface area contributed by atoms with E-state index in [1.807, 2.05) is 19.1 Å². The van der Waals surface area contributed by atoms with Gasteiger partial charge in [-0.25, -0.2) is 4.79 Å². The lowest BCUT2D eigenvalue weighted by molar-refractivity contribution is -0.122. The number of rotatable bonds is 5. The molecule has 6 nitrogen and oxygen atoms in total. The van der Waals surface area contributed by atoms with E-state index < -0.39 is 11.9 Å². The van der Waals surface area contributed by atoms with E-state index >= 15 is 0 Å². The third-order valence-electron chi connectivity index (χ3n) is 4.64. The molecule has 2 amide bonds. The first kappa shape index (κ1) is 19.9. The van der Waals surface area contributed by atoms with Crippen LogP contribution in [0.3, 0.4) is 0 Å². The van der Waals surface area contributed by atoms with Crippen molar-refractivity contribution >= 4 is 40.8 Å². The zero-order valence-corrected chi connectivity index (χ0v) is 16.5. The van der Waals surface area contributed by atoms with Crippen molar-refractivity contribution in [3.05, 3.63) is 58.6 Å². The molecule has 7 heteroatoms. The normalized spacial score (nSPS) is 16.2. The fourth-order valence-electron chi connectivity index (χ4n) is 3.10. The first-order valence-corrected chi connectivity index (χ1v) is 9.42. The number of halogens is 1. The van der Waals surface area contributed by atoms with Gasteiger partial charge < -0.3 is 15.0 Å². The zero-order valence-electron chi connectivity index (χ0n) is 15.7. The molecule has 2 aromatic carbocycles. The van der Waals surface area contributed by atoms with Crippen molar-refractivity contribution in [1.82, 2.24) is 0 Å². The van der Waals surface area contributed by atoms with Crippen LogP contribution in [0.15, 0.2) is 42.5 Å². The summed E-state index contributed by atoms with van der Waals surface area (Å²) < 4.78 is 5.02. The highest BCUT2D eigenvalue weighted by Gasteiger charge is 2.35. The molecule has 0 unspecified atom stereocenters. The molecule has 1 N–H and O–H groups in total. The molecule has 28 heavy (non-hydrogen) atoms. The van der Waals surface area contributed by atoms with Crippen molar-refractivity contribution < 1.29 is 19.1 Å². The lowest BCUT2D eigenvalue weighted by Crippen LogP contribution is -2.28. The summed E-state index contributed by atoms with van der Waals surface area (Å²) in [6.45, 7) is 4.10. The molecule has 0 spiro atoms. The molecule has 1 fully saturated rings. The van der Waals surface area contributed by atoms with Crippen LogP contribution in [-0.4, -0.2) is 30.9 Å². The second-order valence-corrected chi connectivity index (χ2v) is 7.00. The van der Waals surface area contributed by atoms with E-state index in [0.717, 1.165) is 5.56 Å². The van der Waals surface area contributed by atoms with Crippen molar-refractivity contribution in [2.24, 2.45) is 5.92 Å². The zero-order chi connectivity index (χ0) is 20.3. The summed E-state index contributed by atoms with van der Waals surface area (Å²) in [5.74, 6) is -1.48. The average molecular weight is 401 g/mol. The molecule has 1 aliphatic heterocycles. The molecule has 0 aliphatic carbocycles. The van der Waals surface area contributed by atoms with Gasteiger partial charge in [-0.05, 0) is 43.7 Å². The smallest absolute Gasteiger partial charge is 0.340 e. The van der Waals surface area contributed by atoms with Crippen LogP contribution >= 0.6 is 11.6 Å². The molecule has 0 bridgehead atoms. The van der Waals surface area contributed by atoms with Gasteiger partial charge in [0, 0.05) is 23.7 Å². The van der Waals surface area contributed by atoms with Gasteiger partial charge in [0.05, 0.1) is 23.8 Å². The largest absolute Gasteiger partial charge is 0.462 e. The first-order chi connectivity index (χ1) is 13.4. The van der Waals surface area contributed by atoms with Crippen LogP contribution in [0.1, 0.15) is 29.3 Å². The number of carbonyl (C=O) groups is 3. The molecule has 0 aromatic heterocycles. The molecule has 3 rings (SSSR count). The molecule has 1 aliphatic rings. The van der Waals surface area contributed by atoms with Crippen molar-refractivity contribution in [2.75, 3.05) is 23.4 Å². The number of nitrogens with zero attached hydrogens (tertiary/aromatic N) is 1. The van der Waals surface area contributed by atoms with Crippen molar-refractivity contribution in [3.63, 3.8) is 0 Å². The molecule has 2 aromatic rings. The second-order valence-electron chi connectivity index (χ2n) is 6.59. The fourth-order valence-corrected chi connectivity index (χ4v) is 3.27. The van der Waals surface area contributed by atoms with Gasteiger partial charge in [0.15, 0.2) is 0 Å². The minimum Gasteiger partial charge on any atom is -0.462 e. The maximum absolute atomic E-state index is 12.7. The molecule has 1 atom stereocenters. The van der Waals surface area contributed by atoms with Crippen molar-refractivity contribution in [2.45, 2.75) is 20.3 Å². The summed E-state index contributed by atoms with van der Waals surface area (Å²) in [6, 6.07) is 12.0. The molecule has 1 saturated heterocycles. The number of para-hydroxylation sites is 1. The number of aryl methyl sites for hydroxylation is 1. The van der Waals surface area contributed by atoms with E-state index in [1.165, 1.54) is 0 Å². The van der Waals surface area contributed by atoms with Crippen molar-refractivity contribution in [3.8, 4) is 0 Å². The third kappa shape index (κ3) is 4.17. The Morgan fingerprint density at radius 2 is 2.00 bits per heavy atom. The Labute approximate surface area is 168 Å². The number of anilines is 2. The van der Waals surface area contributed by atoms with E-state index in [4.69, 9.17) is 16.3 Å². The van der Waals surface area contributed by atoms with Gasteiger partial charge in [0.1, 0.15) is 0 Å². The van der Waals surface area contributed by atoms with Crippen LogP contribution in [-0.2, 0) is 14.3 Å². The van der Waals surface area contributed by atoms with Crippen LogP contribution in [0.5, 0.6) is 0 Å². The number of ether oxygens (including phenoxy) is 1. The number of hydrogen-bond donors (Lipinski definition) is 1. The highest BCUT2D eigenvalue weighted by molar-refractivity contribution is 6.31. The standard InChI is InChI=1S/C21H21ClN2O4/c1-3-28-21(27)16-6-4-5-7-18(16)23-20(26)14-10-19(25)24(12-14)15-9-8-13(2)17(22)11-15/h4-9,11,14H,3,10,12H2,1-2H3,(H,23,26)/t14-/m0/s1. The highest BCUT2D eigenvalue weighted by Crippen LogP contribution is 2.29. The predicted octanol–water partition coefficient (Wildman–Crippen LogP) is 3.82. The maximum atomic E-state index is 12.7. The Bertz CT molecular complexity index is 928. The van der Waals surface area contributed by atoms with Gasteiger partial charge >= 0.3 is 5.97 Å². The average Bonchev–Trinajstić information content (AvgIpc) is 3.06. The topological polar surface area (TPSA) is 75.7 Å². The minimum atomic E-state index is -0.525. The lowest BCUT2D eigenvalue weighted by Gasteiger charge is -2.18. The SMILES string of the molecule is CCOC(=O)c1ccccc1NC(=O)[C@H]1CC(=O)N(c2ccc(C)c(Cl)c2)C1. The number of benzene rings is 2. The van der Waals surface area contributed by atoms with Crippen LogP contribution in [0, 0.1) is 12.8 Å². The number of hydrogen-bond acceptors (Lipinski definition) is 4. The first-order valence-electron chi connectivity index (χ1n) is 9.04. The minimum absolute atomic E-state index is 0.0961. The molecular weight excluding hydrogens is 380 g/mol. The van der Waals surface area contributed by atoms with E-state index in [2.05, 4.69) is 5.32 Å². The Hall–Kier alpha value is -2.86. The number of amides is 2. The Balaban J connectivity index is 1.73. The van der Waals surface area contributed by atoms with Gasteiger partial charge in [-0.3, -0.25) is 9.59 Å². The highest BCUT2D eigenvalue weighted by atomic mass is 35.5. The number of nitrogens with one attached hydrogen (secondary N) is 1. The van der Waals surface area contributed by atoms with Crippen LogP contribution < -0.4 is 10.2 Å². The monoisotopic (exact) mass is 400 g/mol. The van der Waals surface area contributed by atoms with E-state index in [9.17, 15) is 14.4 Å². The van der Waals surface area contributed by atoms with E-state index in [0.29, 0.717) is 16.4 Å². The van der Waals surface area contributed by atoms with Crippen LogP contribution in [0.4, 0.5) is 11.4 Å². The fraction of sp³-hybridized carbons (Fsp3) is 0.286. The Kier molecular flexibility index (Phi) is 5.99. The van der Waals surface area contributed by atoms with Gasteiger partial charge in [-0.15, -0.1) is 0 Å². The summed E-state index contributed by atoms with van der Waals surface area (Å²) in [6.07, 6.45) is 0.0961. The number of esters is 1. The second kappa shape index (κ2) is 8.44. The Morgan fingerprint density at radius 1 is 1.25 bits per heavy atom. The summed E-state index contributed by atoms with van der Waals surface area (Å²) in [5.41, 5.74) is 2.24. The van der Waals surface area contributed by atoms with Gasteiger partial charge in [-0.1, -0.05) is 29.8 Å². The van der Waals surface area contributed by atoms with Crippen molar-refractivity contribution in [1.29, 1.82) is 0 Å². The van der Waals surface area contributed by atoms with Gasteiger partial charge in [0.25, 0.3) is 0 Å². The molecule has 1 heterocycles. The molecule has 0 radical (unpaired) electrons. The van der Waals surface area contributed by atoms with Gasteiger partial charge in [0.2, 0.25) is 11.8 Å². The predicted molar refractivity (Wildman–Crippen MR) is 108 cm³/mol. The van der Waals surface area contributed by atoms with Crippen LogP contribution in [0.25, 0.3) is 0 Å². The molecular formula is C21H21ClN2O4. The lowest BCUT2D eigenvalue weighted by atomic mass is 10.1. The summed E-state index contributed by atoms with van der Waals surface area (Å²) >= 11 is 6.16. The summed E-state index contributed by atoms with van der Waals surface area (Å²) in [5, 5.41) is 3.33. The molecule has 0 saturated carbocycles.